The molecule has 0 fully saturated rings. The molecular weight excluding hydrogens is 701 g/mol. The molecule has 0 bridgehead atoms. The second-order valence-corrected chi connectivity index (χ2v) is 14.4. The molecule has 12 aromatic rings. The van der Waals surface area contributed by atoms with Crippen LogP contribution < -0.4 is 0 Å². The zero-order valence-corrected chi connectivity index (χ0v) is 30.4. The molecule has 4 aromatic heterocycles. The highest BCUT2D eigenvalue weighted by Gasteiger charge is 2.20. The minimum atomic E-state index is 0.559. The third-order valence-electron chi connectivity index (χ3n) is 11.1. The summed E-state index contributed by atoms with van der Waals surface area (Å²) in [6.45, 7) is 0. The Bertz CT molecular complexity index is 3410. The SMILES string of the molecule is c1ccc(-c2nc(-c3ccccc3)nc(-c3cccc4c3oc3ccc(-c5ccc6oc7cccc(-n8c9ccccc9c9ccccc98)c7c6c5)cc34)n2)cc1. The molecule has 266 valence electrons. The maximum absolute atomic E-state index is 6.64. The lowest BCUT2D eigenvalue weighted by atomic mass is 10.00. The van der Waals surface area contributed by atoms with E-state index in [2.05, 4.69) is 114 Å². The number of furan rings is 2. The normalized spacial score (nSPS) is 11.9. The van der Waals surface area contributed by atoms with Crippen LogP contribution in [0.1, 0.15) is 0 Å². The second-order valence-electron chi connectivity index (χ2n) is 14.4. The van der Waals surface area contributed by atoms with Gasteiger partial charge in [0.05, 0.1) is 27.7 Å². The van der Waals surface area contributed by atoms with Gasteiger partial charge in [0.2, 0.25) is 0 Å². The predicted octanol–water partition coefficient (Wildman–Crippen LogP) is 13.4. The first-order valence-electron chi connectivity index (χ1n) is 19.0. The van der Waals surface area contributed by atoms with Gasteiger partial charge in [-0.25, -0.2) is 15.0 Å². The minimum absolute atomic E-state index is 0.559. The molecule has 0 unspecified atom stereocenters. The van der Waals surface area contributed by atoms with Gasteiger partial charge in [-0.05, 0) is 65.7 Å². The molecule has 12 rings (SSSR count). The lowest BCUT2D eigenvalue weighted by Gasteiger charge is -2.10. The number of fused-ring (bicyclic) bond motifs is 9. The number of hydrogen-bond acceptors (Lipinski definition) is 5. The van der Waals surface area contributed by atoms with Gasteiger partial charge in [0.15, 0.2) is 17.5 Å². The van der Waals surface area contributed by atoms with Crippen LogP contribution in [0.5, 0.6) is 0 Å². The number of benzene rings is 8. The fraction of sp³-hybridized carbons (Fsp3) is 0. The number of rotatable bonds is 5. The van der Waals surface area contributed by atoms with Crippen molar-refractivity contribution in [1.29, 1.82) is 0 Å². The molecule has 0 saturated carbocycles. The van der Waals surface area contributed by atoms with Crippen LogP contribution in [0.4, 0.5) is 0 Å². The van der Waals surface area contributed by atoms with Gasteiger partial charge in [-0.15, -0.1) is 0 Å². The third kappa shape index (κ3) is 4.94. The Balaban J connectivity index is 1.01. The fourth-order valence-electron chi connectivity index (χ4n) is 8.44. The Morgan fingerprint density at radius 3 is 1.56 bits per heavy atom. The molecule has 0 aliphatic heterocycles. The first-order chi connectivity index (χ1) is 28.2. The summed E-state index contributed by atoms with van der Waals surface area (Å²) >= 11 is 0. The summed E-state index contributed by atoms with van der Waals surface area (Å²) in [4.78, 5) is 14.9. The molecule has 0 radical (unpaired) electrons. The molecule has 0 aliphatic carbocycles. The van der Waals surface area contributed by atoms with E-state index in [4.69, 9.17) is 23.8 Å². The lowest BCUT2D eigenvalue weighted by molar-refractivity contribution is 0.668. The maximum atomic E-state index is 6.64. The first kappa shape index (κ1) is 31.5. The average Bonchev–Trinajstić information content (AvgIpc) is 3.96. The molecule has 0 saturated heterocycles. The summed E-state index contributed by atoms with van der Waals surface area (Å²) in [6.07, 6.45) is 0. The molecule has 0 amide bonds. The van der Waals surface area contributed by atoms with E-state index in [0.29, 0.717) is 17.5 Å². The van der Waals surface area contributed by atoms with Gasteiger partial charge in [0, 0.05) is 38.1 Å². The van der Waals surface area contributed by atoms with E-state index in [0.717, 1.165) is 88.4 Å². The Kier molecular flexibility index (Phi) is 6.83. The van der Waals surface area contributed by atoms with E-state index in [1.165, 1.54) is 10.8 Å². The monoisotopic (exact) mass is 730 g/mol. The van der Waals surface area contributed by atoms with Gasteiger partial charge < -0.3 is 13.4 Å². The largest absolute Gasteiger partial charge is 0.456 e. The van der Waals surface area contributed by atoms with Gasteiger partial charge in [0.1, 0.15) is 22.3 Å². The highest BCUT2D eigenvalue weighted by Crippen LogP contribution is 2.41. The van der Waals surface area contributed by atoms with Crippen molar-refractivity contribution in [3.63, 3.8) is 0 Å². The second kappa shape index (κ2) is 12.3. The lowest BCUT2D eigenvalue weighted by Crippen LogP contribution is -2.00. The van der Waals surface area contributed by atoms with Crippen molar-refractivity contribution in [2.75, 3.05) is 0 Å². The highest BCUT2D eigenvalue weighted by atomic mass is 16.3. The first-order valence-corrected chi connectivity index (χ1v) is 19.0. The van der Waals surface area contributed by atoms with E-state index >= 15 is 0 Å². The number of aromatic nitrogens is 4. The van der Waals surface area contributed by atoms with Crippen molar-refractivity contribution in [1.82, 2.24) is 19.5 Å². The quantitative estimate of drug-likeness (QED) is 0.176. The van der Waals surface area contributed by atoms with Crippen molar-refractivity contribution in [2.24, 2.45) is 0 Å². The molecule has 8 aromatic carbocycles. The van der Waals surface area contributed by atoms with Crippen molar-refractivity contribution < 1.29 is 8.83 Å². The summed E-state index contributed by atoms with van der Waals surface area (Å²) in [5, 5.41) is 6.63. The van der Waals surface area contributed by atoms with Gasteiger partial charge in [0.25, 0.3) is 0 Å². The van der Waals surface area contributed by atoms with Crippen molar-refractivity contribution in [3.05, 3.63) is 182 Å². The smallest absolute Gasteiger partial charge is 0.167 e. The van der Waals surface area contributed by atoms with Gasteiger partial charge in [-0.1, -0.05) is 127 Å². The van der Waals surface area contributed by atoms with Crippen LogP contribution >= 0.6 is 0 Å². The number of para-hydroxylation sites is 3. The summed E-state index contributed by atoms with van der Waals surface area (Å²) < 4.78 is 15.5. The summed E-state index contributed by atoms with van der Waals surface area (Å²) in [5.74, 6) is 1.78. The highest BCUT2D eigenvalue weighted by molar-refractivity contribution is 6.15. The molecule has 0 N–H and O–H groups in total. The Morgan fingerprint density at radius 2 is 0.895 bits per heavy atom. The minimum Gasteiger partial charge on any atom is -0.456 e. The topological polar surface area (TPSA) is 69.9 Å². The zero-order chi connectivity index (χ0) is 37.5. The molecule has 57 heavy (non-hydrogen) atoms. The number of nitrogens with zero attached hydrogens (tertiary/aromatic N) is 4. The van der Waals surface area contributed by atoms with E-state index in [-0.39, 0.29) is 0 Å². The van der Waals surface area contributed by atoms with E-state index < -0.39 is 0 Å². The molecule has 4 heterocycles. The van der Waals surface area contributed by atoms with Crippen LogP contribution in [0, 0.1) is 0 Å². The number of hydrogen-bond donors (Lipinski definition) is 0. The summed E-state index contributed by atoms with van der Waals surface area (Å²) in [6, 6.07) is 62.7. The molecule has 6 nitrogen and oxygen atoms in total. The van der Waals surface area contributed by atoms with Crippen LogP contribution in [0.15, 0.2) is 191 Å². The third-order valence-corrected chi connectivity index (χ3v) is 11.1. The molecular formula is C51H30N4O2. The summed E-state index contributed by atoms with van der Waals surface area (Å²) in [5.41, 5.74) is 11.5. The van der Waals surface area contributed by atoms with Crippen LogP contribution in [0.3, 0.4) is 0 Å². The van der Waals surface area contributed by atoms with E-state index in [9.17, 15) is 0 Å². The van der Waals surface area contributed by atoms with E-state index in [1.807, 2.05) is 72.8 Å². The molecule has 0 atom stereocenters. The molecule has 0 aliphatic rings. The van der Waals surface area contributed by atoms with E-state index in [1.54, 1.807) is 0 Å². The zero-order valence-electron chi connectivity index (χ0n) is 30.4. The van der Waals surface area contributed by atoms with Gasteiger partial charge in [-0.3, -0.25) is 0 Å². The Labute approximate surface area is 325 Å². The fourth-order valence-corrected chi connectivity index (χ4v) is 8.44. The standard InChI is InChI=1S/C51H30N4O2/c1-3-13-31(14-4-1)49-52-50(32-15-5-2-6-16-32)54-51(53-49)38-20-11-19-37-39-29-33(25-27-44(39)57-48(37)38)34-26-28-45-40(30-34)47-43(23-12-24-46(47)56-45)55-41-21-9-7-17-35(41)36-18-8-10-22-42(36)55/h1-30H. The average molecular weight is 731 g/mol. The van der Waals surface area contributed by atoms with Crippen molar-refractivity contribution >= 4 is 65.7 Å². The van der Waals surface area contributed by atoms with Crippen LogP contribution in [0.2, 0.25) is 0 Å². The van der Waals surface area contributed by atoms with Crippen LogP contribution in [-0.2, 0) is 0 Å². The Morgan fingerprint density at radius 1 is 0.351 bits per heavy atom. The Hall–Kier alpha value is -7.83. The van der Waals surface area contributed by atoms with Crippen molar-refractivity contribution in [3.8, 4) is 51.0 Å². The summed E-state index contributed by atoms with van der Waals surface area (Å²) in [7, 11) is 0. The predicted molar refractivity (Wildman–Crippen MR) is 230 cm³/mol. The van der Waals surface area contributed by atoms with Crippen LogP contribution in [0.25, 0.3) is 117 Å². The van der Waals surface area contributed by atoms with Crippen LogP contribution in [-0.4, -0.2) is 19.5 Å². The maximum Gasteiger partial charge on any atom is 0.167 e. The van der Waals surface area contributed by atoms with Gasteiger partial charge >= 0.3 is 0 Å². The van der Waals surface area contributed by atoms with Gasteiger partial charge in [-0.2, -0.15) is 0 Å². The molecule has 0 spiro atoms. The van der Waals surface area contributed by atoms with Crippen molar-refractivity contribution in [2.45, 2.75) is 0 Å². The molecule has 6 heteroatoms.